The van der Waals surface area contributed by atoms with Gasteiger partial charge in [0.2, 0.25) is 11.8 Å². The van der Waals surface area contributed by atoms with Gasteiger partial charge in [-0.3, -0.25) is 9.59 Å². The zero-order valence-corrected chi connectivity index (χ0v) is 16.3. The normalized spacial score (nSPS) is 19.5. The third kappa shape index (κ3) is 4.79. The first-order valence-electron chi connectivity index (χ1n) is 9.84. The molecule has 0 saturated heterocycles. The molecule has 1 atom stereocenters. The van der Waals surface area contributed by atoms with Crippen LogP contribution in [0, 0.1) is 6.92 Å². The molecule has 0 radical (unpaired) electrons. The minimum atomic E-state index is -0.586. The summed E-state index contributed by atoms with van der Waals surface area (Å²) in [5.41, 5.74) is 2.01. The summed E-state index contributed by atoms with van der Waals surface area (Å²) in [6, 6.07) is 7.68. The molecule has 0 unspecified atom stereocenters. The van der Waals surface area contributed by atoms with Gasteiger partial charge in [-0.2, -0.15) is 0 Å². The quantitative estimate of drug-likeness (QED) is 0.600. The molecule has 0 aliphatic heterocycles. The van der Waals surface area contributed by atoms with E-state index in [0.29, 0.717) is 0 Å². The lowest BCUT2D eigenvalue weighted by Crippen LogP contribution is -2.47. The zero-order valence-electron chi connectivity index (χ0n) is 15.5. The average Bonchev–Trinajstić information content (AvgIpc) is 3.48. The van der Waals surface area contributed by atoms with Crippen LogP contribution >= 0.6 is 11.6 Å². The third-order valence-electron chi connectivity index (χ3n) is 5.46. The van der Waals surface area contributed by atoms with Gasteiger partial charge in [-0.1, -0.05) is 55.5 Å². The molecule has 1 N–H and O–H groups in total. The fourth-order valence-corrected chi connectivity index (χ4v) is 4.01. The number of carbonyl (C=O) groups is 2. The molecule has 1 aromatic carbocycles. The Morgan fingerprint density at radius 1 is 1.08 bits per heavy atom. The second-order valence-corrected chi connectivity index (χ2v) is 7.94. The maximum atomic E-state index is 13.3. The van der Waals surface area contributed by atoms with E-state index in [-0.39, 0.29) is 29.8 Å². The molecule has 4 nitrogen and oxygen atoms in total. The van der Waals surface area contributed by atoms with Gasteiger partial charge in [-0.05, 0) is 38.2 Å². The smallest absolute Gasteiger partial charge is 0.247 e. The van der Waals surface area contributed by atoms with E-state index in [1.807, 2.05) is 31.2 Å². The van der Waals surface area contributed by atoms with Crippen LogP contribution in [-0.4, -0.2) is 34.7 Å². The lowest BCUT2D eigenvalue weighted by atomic mass is 10.0. The largest absolute Gasteiger partial charge is 0.351 e. The fraction of sp³-hybridized carbons (Fsp3) is 0.619. The molecule has 3 rings (SSSR count). The third-order valence-corrected chi connectivity index (χ3v) is 5.69. The maximum Gasteiger partial charge on any atom is 0.247 e. The molecule has 2 saturated carbocycles. The van der Waals surface area contributed by atoms with Crippen molar-refractivity contribution in [3.63, 3.8) is 0 Å². The Morgan fingerprint density at radius 2 is 1.69 bits per heavy atom. The summed E-state index contributed by atoms with van der Waals surface area (Å²) in [4.78, 5) is 27.5. The molecule has 2 amide bonds. The van der Waals surface area contributed by atoms with Crippen LogP contribution in [0.3, 0.4) is 0 Å². The van der Waals surface area contributed by atoms with E-state index in [9.17, 15) is 9.59 Å². The number of hydrogen-bond donors (Lipinski definition) is 1. The predicted molar refractivity (Wildman–Crippen MR) is 104 cm³/mol. The van der Waals surface area contributed by atoms with Gasteiger partial charge in [0, 0.05) is 12.1 Å². The molecule has 5 heteroatoms. The molecule has 2 aliphatic carbocycles. The number of amides is 2. The summed E-state index contributed by atoms with van der Waals surface area (Å²) in [5, 5.41) is 3.24. The van der Waals surface area contributed by atoms with E-state index < -0.39 is 6.04 Å². The van der Waals surface area contributed by atoms with Gasteiger partial charge < -0.3 is 10.2 Å². The predicted octanol–water partition coefficient (Wildman–Crippen LogP) is 4.10. The molecule has 142 valence electrons. The lowest BCUT2D eigenvalue weighted by molar-refractivity contribution is -0.140. The van der Waals surface area contributed by atoms with Crippen molar-refractivity contribution < 1.29 is 9.59 Å². The maximum absolute atomic E-state index is 13.3. The first-order chi connectivity index (χ1) is 12.6. The van der Waals surface area contributed by atoms with Crippen molar-refractivity contribution in [2.75, 3.05) is 5.88 Å². The first kappa shape index (κ1) is 19.2. The van der Waals surface area contributed by atoms with Crippen LogP contribution in [0.15, 0.2) is 24.3 Å². The molecule has 0 heterocycles. The summed E-state index contributed by atoms with van der Waals surface area (Å²) in [6.45, 7) is 2.02. The summed E-state index contributed by atoms with van der Waals surface area (Å²) in [5.74, 6) is -0.308. The topological polar surface area (TPSA) is 49.4 Å². The van der Waals surface area contributed by atoms with E-state index in [1.165, 1.54) is 12.8 Å². The van der Waals surface area contributed by atoms with Gasteiger partial charge in [-0.15, -0.1) is 11.6 Å². The minimum absolute atomic E-state index is 0.0638. The Labute approximate surface area is 161 Å². The molecule has 0 bridgehead atoms. The average molecular weight is 377 g/mol. The van der Waals surface area contributed by atoms with Crippen molar-refractivity contribution in [2.24, 2.45) is 0 Å². The fourth-order valence-electron chi connectivity index (χ4n) is 3.87. The van der Waals surface area contributed by atoms with Crippen LogP contribution in [0.4, 0.5) is 0 Å². The van der Waals surface area contributed by atoms with E-state index >= 15 is 0 Å². The number of halogens is 1. The first-order valence-corrected chi connectivity index (χ1v) is 10.4. The van der Waals surface area contributed by atoms with Gasteiger partial charge >= 0.3 is 0 Å². The Balaban J connectivity index is 1.84. The zero-order chi connectivity index (χ0) is 18.5. The number of nitrogens with one attached hydrogen (secondary N) is 1. The van der Waals surface area contributed by atoms with Crippen molar-refractivity contribution in [1.29, 1.82) is 0 Å². The molecule has 2 fully saturated rings. The lowest BCUT2D eigenvalue weighted by Gasteiger charge is -2.32. The van der Waals surface area contributed by atoms with Crippen molar-refractivity contribution in [3.05, 3.63) is 35.4 Å². The van der Waals surface area contributed by atoms with Crippen molar-refractivity contribution >= 4 is 23.4 Å². The highest BCUT2D eigenvalue weighted by molar-refractivity contribution is 6.27. The second kappa shape index (κ2) is 8.90. The van der Waals surface area contributed by atoms with E-state index in [0.717, 1.165) is 49.7 Å². The molecule has 1 aromatic rings. The van der Waals surface area contributed by atoms with Gasteiger partial charge in [0.05, 0.1) is 0 Å². The monoisotopic (exact) mass is 376 g/mol. The second-order valence-electron chi connectivity index (χ2n) is 7.68. The number of rotatable bonds is 6. The highest BCUT2D eigenvalue weighted by Gasteiger charge is 2.41. The minimum Gasteiger partial charge on any atom is -0.351 e. The molecule has 26 heavy (non-hydrogen) atoms. The molecular formula is C21H29ClN2O2. The number of carbonyl (C=O) groups excluding carboxylic acids is 2. The summed E-state index contributed by atoms with van der Waals surface area (Å²) < 4.78 is 0. The van der Waals surface area contributed by atoms with Crippen molar-refractivity contribution in [2.45, 2.75) is 76.4 Å². The standard InChI is InChI=1S/C21H29ClN2O2/c1-15-8-10-16(11-9-15)20(24(18-12-13-18)19(25)14-22)21(26)23-17-6-4-2-3-5-7-17/h8-11,17-18,20H,2-7,12-14H2,1H3,(H,23,26)/t20-/m1/s1. The summed E-state index contributed by atoms with van der Waals surface area (Å²) in [6.07, 6.45) is 8.75. The number of aryl methyl sites for hydroxylation is 1. The summed E-state index contributed by atoms with van der Waals surface area (Å²) >= 11 is 5.87. The van der Waals surface area contributed by atoms with Crippen LogP contribution in [0.25, 0.3) is 0 Å². The molecular weight excluding hydrogens is 348 g/mol. The number of nitrogens with zero attached hydrogens (tertiary/aromatic N) is 1. The Morgan fingerprint density at radius 3 is 2.23 bits per heavy atom. The summed E-state index contributed by atoms with van der Waals surface area (Å²) in [7, 11) is 0. The van der Waals surface area contributed by atoms with E-state index in [1.54, 1.807) is 4.90 Å². The van der Waals surface area contributed by atoms with Gasteiger partial charge in [0.1, 0.15) is 11.9 Å². The van der Waals surface area contributed by atoms with Crippen LogP contribution in [0.5, 0.6) is 0 Å². The highest BCUT2D eigenvalue weighted by Crippen LogP contribution is 2.35. The van der Waals surface area contributed by atoms with Gasteiger partial charge in [0.25, 0.3) is 0 Å². The van der Waals surface area contributed by atoms with Crippen LogP contribution in [0.2, 0.25) is 0 Å². The van der Waals surface area contributed by atoms with Gasteiger partial charge in [-0.25, -0.2) is 0 Å². The Hall–Kier alpha value is -1.55. The van der Waals surface area contributed by atoms with E-state index in [2.05, 4.69) is 5.32 Å². The number of alkyl halides is 1. The molecule has 2 aliphatic rings. The van der Waals surface area contributed by atoms with Crippen molar-refractivity contribution in [3.8, 4) is 0 Å². The Bertz CT molecular complexity index is 619. The van der Waals surface area contributed by atoms with Crippen LogP contribution < -0.4 is 5.32 Å². The Kier molecular flexibility index (Phi) is 6.58. The molecule has 0 spiro atoms. The van der Waals surface area contributed by atoms with Crippen molar-refractivity contribution in [1.82, 2.24) is 10.2 Å². The van der Waals surface area contributed by atoms with Crippen LogP contribution in [-0.2, 0) is 9.59 Å². The number of hydrogen-bond acceptors (Lipinski definition) is 2. The van der Waals surface area contributed by atoms with Gasteiger partial charge in [0.15, 0.2) is 0 Å². The SMILES string of the molecule is Cc1ccc([C@H](C(=O)NC2CCCCCC2)N(C(=O)CCl)C2CC2)cc1. The highest BCUT2D eigenvalue weighted by atomic mass is 35.5. The van der Waals surface area contributed by atoms with E-state index in [4.69, 9.17) is 11.6 Å². The number of benzene rings is 1. The molecule has 0 aromatic heterocycles. The van der Waals surface area contributed by atoms with Crippen LogP contribution in [0.1, 0.15) is 68.5 Å².